The quantitative estimate of drug-likeness (QED) is 0.745. The van der Waals surface area contributed by atoms with Gasteiger partial charge in [0.25, 0.3) is 0 Å². The molecule has 1 aliphatic carbocycles. The number of carbonyl (C=O) groups excluding carboxylic acids is 1. The molecule has 170 valence electrons. The Morgan fingerprint density at radius 2 is 2.03 bits per heavy atom. The van der Waals surface area contributed by atoms with Gasteiger partial charge in [0.2, 0.25) is 5.91 Å². The zero-order chi connectivity index (χ0) is 21.2. The summed E-state index contributed by atoms with van der Waals surface area (Å²) in [6.07, 6.45) is 7.81. The number of piperidine rings is 2. The fourth-order valence-corrected chi connectivity index (χ4v) is 6.37. The van der Waals surface area contributed by atoms with Crippen LogP contribution in [0.15, 0.2) is 18.3 Å². The predicted molar refractivity (Wildman–Crippen MR) is 121 cm³/mol. The molecule has 0 radical (unpaired) electrons. The van der Waals surface area contributed by atoms with Gasteiger partial charge in [-0.2, -0.15) is 0 Å². The second-order valence-electron chi connectivity index (χ2n) is 9.93. The molecule has 0 aromatic carbocycles. The number of nitrogens with zero attached hydrogens (tertiary/aromatic N) is 3. The lowest BCUT2D eigenvalue weighted by Gasteiger charge is -2.50. The Balaban J connectivity index is 1.11. The van der Waals surface area contributed by atoms with Gasteiger partial charge in [0, 0.05) is 58.1 Å². The number of carbonyl (C=O) groups is 1. The van der Waals surface area contributed by atoms with E-state index < -0.39 is 0 Å². The van der Waals surface area contributed by atoms with E-state index in [4.69, 9.17) is 4.74 Å². The number of pyridine rings is 1. The van der Waals surface area contributed by atoms with E-state index in [1.165, 1.54) is 12.8 Å². The van der Waals surface area contributed by atoms with Crippen LogP contribution in [0.25, 0.3) is 0 Å². The molecule has 1 aromatic heterocycles. The number of methoxy groups -OCH3 is 1. The third kappa shape index (κ3) is 4.59. The van der Waals surface area contributed by atoms with Crippen LogP contribution in [0.1, 0.15) is 37.7 Å². The Morgan fingerprint density at radius 3 is 2.81 bits per heavy atom. The first-order chi connectivity index (χ1) is 15.2. The monoisotopic (exact) mass is 427 g/mol. The largest absolute Gasteiger partial charge is 0.380 e. The molecule has 1 aromatic rings. The zero-order valence-corrected chi connectivity index (χ0v) is 18.8. The van der Waals surface area contributed by atoms with Crippen LogP contribution in [0, 0.1) is 17.8 Å². The van der Waals surface area contributed by atoms with Gasteiger partial charge in [-0.05, 0) is 62.1 Å². The topological polar surface area (TPSA) is 69.7 Å². The zero-order valence-electron chi connectivity index (χ0n) is 18.8. The highest BCUT2D eigenvalue weighted by Gasteiger charge is 2.47. The minimum Gasteiger partial charge on any atom is -0.380 e. The van der Waals surface area contributed by atoms with E-state index in [9.17, 15) is 4.79 Å². The number of hydrogen-bond acceptors (Lipinski definition) is 6. The first-order valence-corrected chi connectivity index (χ1v) is 12.2. The number of aromatic nitrogens is 1. The summed E-state index contributed by atoms with van der Waals surface area (Å²) in [6.45, 7) is 7.08. The summed E-state index contributed by atoms with van der Waals surface area (Å²) in [5.74, 6) is 2.90. The van der Waals surface area contributed by atoms with E-state index in [0.717, 1.165) is 69.9 Å². The van der Waals surface area contributed by atoms with E-state index in [2.05, 4.69) is 37.6 Å². The van der Waals surface area contributed by atoms with Crippen LogP contribution in [0.3, 0.4) is 0 Å². The smallest absolute Gasteiger partial charge is 0.224 e. The van der Waals surface area contributed by atoms with Crippen molar-refractivity contribution >= 4 is 11.7 Å². The number of fused-ring (bicyclic) bond motifs is 3. The van der Waals surface area contributed by atoms with E-state index in [1.807, 2.05) is 6.20 Å². The van der Waals surface area contributed by atoms with E-state index in [0.29, 0.717) is 36.4 Å². The number of anilines is 1. The Kier molecular flexibility index (Phi) is 6.44. The lowest BCUT2D eigenvalue weighted by molar-refractivity contribution is -0.133. The number of amides is 1. The van der Waals surface area contributed by atoms with Crippen LogP contribution in [-0.2, 0) is 16.1 Å². The molecular formula is C24H37N5O2. The molecule has 5 unspecified atom stereocenters. The number of nitrogens with one attached hydrogen (secondary N) is 2. The van der Waals surface area contributed by atoms with E-state index in [-0.39, 0.29) is 5.92 Å². The van der Waals surface area contributed by atoms with Gasteiger partial charge >= 0.3 is 0 Å². The molecule has 3 aliphatic heterocycles. The van der Waals surface area contributed by atoms with Crippen LogP contribution in [0.4, 0.5) is 5.82 Å². The molecule has 0 bridgehead atoms. The first kappa shape index (κ1) is 21.2. The third-order valence-electron chi connectivity index (χ3n) is 7.98. The van der Waals surface area contributed by atoms with E-state index >= 15 is 0 Å². The Labute approximate surface area is 185 Å². The SMILES string of the molecule is COCc1ccc(N2CCN(CC3CCC4C(C3)NC(=O)C3CCCNC34)CC2)nc1. The van der Waals surface area contributed by atoms with Gasteiger partial charge in [-0.25, -0.2) is 4.98 Å². The molecule has 1 amide bonds. The van der Waals surface area contributed by atoms with Gasteiger partial charge < -0.3 is 20.3 Å². The molecule has 4 heterocycles. The summed E-state index contributed by atoms with van der Waals surface area (Å²) < 4.78 is 5.18. The minimum absolute atomic E-state index is 0.205. The Hall–Kier alpha value is -1.70. The predicted octanol–water partition coefficient (Wildman–Crippen LogP) is 1.63. The summed E-state index contributed by atoms with van der Waals surface area (Å²) in [4.78, 5) is 22.3. The highest BCUT2D eigenvalue weighted by atomic mass is 16.5. The van der Waals surface area contributed by atoms with Gasteiger partial charge in [-0.1, -0.05) is 6.07 Å². The normalized spacial score (nSPS) is 34.0. The average molecular weight is 428 g/mol. The van der Waals surface area contributed by atoms with E-state index in [1.54, 1.807) is 7.11 Å². The molecule has 2 N–H and O–H groups in total. The van der Waals surface area contributed by atoms with Crippen LogP contribution >= 0.6 is 0 Å². The van der Waals surface area contributed by atoms with Crippen molar-refractivity contribution in [3.8, 4) is 0 Å². The first-order valence-electron chi connectivity index (χ1n) is 12.2. The lowest BCUT2D eigenvalue weighted by atomic mass is 9.67. The van der Waals surface area contributed by atoms with Crippen molar-refractivity contribution in [1.29, 1.82) is 0 Å². The minimum atomic E-state index is 0.205. The Morgan fingerprint density at radius 1 is 1.16 bits per heavy atom. The molecule has 7 heteroatoms. The molecule has 5 rings (SSSR count). The summed E-state index contributed by atoms with van der Waals surface area (Å²) in [5, 5.41) is 7.09. The maximum atomic E-state index is 12.6. The van der Waals surface area contributed by atoms with Gasteiger partial charge in [0.1, 0.15) is 5.82 Å². The second-order valence-corrected chi connectivity index (χ2v) is 9.93. The van der Waals surface area contributed by atoms with Crippen molar-refractivity contribution in [3.05, 3.63) is 23.9 Å². The molecule has 4 fully saturated rings. The van der Waals surface area contributed by atoms with Crippen molar-refractivity contribution in [3.63, 3.8) is 0 Å². The van der Waals surface area contributed by atoms with Crippen LogP contribution in [-0.4, -0.2) is 74.3 Å². The molecule has 1 saturated carbocycles. The van der Waals surface area contributed by atoms with Crippen molar-refractivity contribution in [2.75, 3.05) is 51.3 Å². The second kappa shape index (κ2) is 9.43. The maximum absolute atomic E-state index is 12.6. The van der Waals surface area contributed by atoms with Gasteiger partial charge in [-0.3, -0.25) is 9.69 Å². The van der Waals surface area contributed by atoms with Crippen molar-refractivity contribution in [2.45, 2.75) is 50.8 Å². The highest BCUT2D eigenvalue weighted by molar-refractivity contribution is 5.81. The molecule has 31 heavy (non-hydrogen) atoms. The van der Waals surface area contributed by atoms with Crippen LogP contribution in [0.2, 0.25) is 0 Å². The van der Waals surface area contributed by atoms with Gasteiger partial charge in [-0.15, -0.1) is 0 Å². The fourth-order valence-electron chi connectivity index (χ4n) is 6.37. The summed E-state index contributed by atoms with van der Waals surface area (Å²) in [7, 11) is 1.71. The number of rotatable bonds is 5. The fraction of sp³-hybridized carbons (Fsp3) is 0.750. The number of piperazine rings is 1. The third-order valence-corrected chi connectivity index (χ3v) is 7.98. The highest BCUT2D eigenvalue weighted by Crippen LogP contribution is 2.39. The molecular weight excluding hydrogens is 390 g/mol. The number of ether oxygens (including phenoxy) is 1. The summed E-state index contributed by atoms with van der Waals surface area (Å²) in [5.41, 5.74) is 1.12. The molecule has 4 aliphatic rings. The molecule has 0 spiro atoms. The Bertz CT molecular complexity index is 749. The summed E-state index contributed by atoms with van der Waals surface area (Å²) >= 11 is 0. The molecule has 7 nitrogen and oxygen atoms in total. The van der Waals surface area contributed by atoms with Crippen molar-refractivity contribution in [1.82, 2.24) is 20.5 Å². The summed E-state index contributed by atoms with van der Waals surface area (Å²) in [6, 6.07) is 5.01. The standard InChI is InChI=1S/C24H37N5O2/c1-31-16-18-5-7-22(26-14-18)29-11-9-28(10-12-29)15-17-4-6-19-21(13-17)27-24(30)20-3-2-8-25-23(19)20/h5,7,14,17,19-21,23,25H,2-4,6,8-13,15-16H2,1H3,(H,27,30). The molecule has 3 saturated heterocycles. The lowest BCUT2D eigenvalue weighted by Crippen LogP contribution is -2.64. The average Bonchev–Trinajstić information content (AvgIpc) is 2.80. The van der Waals surface area contributed by atoms with Gasteiger partial charge in [0.15, 0.2) is 0 Å². The molecule has 5 atom stereocenters. The van der Waals surface area contributed by atoms with Crippen LogP contribution < -0.4 is 15.5 Å². The van der Waals surface area contributed by atoms with Crippen molar-refractivity contribution in [2.24, 2.45) is 17.8 Å². The maximum Gasteiger partial charge on any atom is 0.224 e. The van der Waals surface area contributed by atoms with Crippen molar-refractivity contribution < 1.29 is 9.53 Å². The number of hydrogen-bond donors (Lipinski definition) is 2. The van der Waals surface area contributed by atoms with Gasteiger partial charge in [0.05, 0.1) is 12.5 Å². The van der Waals surface area contributed by atoms with Crippen LogP contribution in [0.5, 0.6) is 0 Å².